The van der Waals surface area contributed by atoms with Crippen LogP contribution in [0.4, 0.5) is 0 Å². The molecular weight excluding hydrogens is 558 g/mol. The maximum atomic E-state index is 12.5. The van der Waals surface area contributed by atoms with Gasteiger partial charge in [0.25, 0.3) is 11.8 Å². The number of ether oxygens (including phenoxy) is 1. The summed E-state index contributed by atoms with van der Waals surface area (Å²) in [5.41, 5.74) is 7.28. The first-order chi connectivity index (χ1) is 21.4. The smallest absolute Gasteiger partial charge is 0.261 e. The summed E-state index contributed by atoms with van der Waals surface area (Å²) in [5.74, 6) is 0.579. The van der Waals surface area contributed by atoms with Crippen molar-refractivity contribution >= 4 is 11.8 Å². The first kappa shape index (κ1) is 34.4. The van der Waals surface area contributed by atoms with E-state index < -0.39 is 0 Å². The van der Waals surface area contributed by atoms with Gasteiger partial charge in [-0.15, -0.1) is 0 Å². The maximum Gasteiger partial charge on any atom is 0.261 e. The molecule has 0 saturated heterocycles. The third-order valence-electron chi connectivity index (χ3n) is 9.93. The number of aryl methyl sites for hydroxylation is 3. The van der Waals surface area contributed by atoms with Crippen LogP contribution in [0, 0.1) is 19.3 Å². The van der Waals surface area contributed by atoms with Gasteiger partial charge in [0.05, 0.1) is 23.8 Å². The van der Waals surface area contributed by atoms with Gasteiger partial charge < -0.3 is 9.84 Å². The number of rotatable bonds is 15. The lowest BCUT2D eigenvalue weighted by Gasteiger charge is -2.34. The summed E-state index contributed by atoms with van der Waals surface area (Å²) < 4.78 is 6.20. The Morgan fingerprint density at radius 1 is 0.778 bits per heavy atom. The number of carbonyl (C=O) groups excluding carboxylic acids is 2. The minimum Gasteiger partial charge on any atom is -0.493 e. The van der Waals surface area contributed by atoms with E-state index in [0.29, 0.717) is 24.3 Å². The molecule has 242 valence electrons. The molecular formula is C40H53NO4. The number of fused-ring (bicyclic) bond motifs is 1. The van der Waals surface area contributed by atoms with E-state index in [1.54, 1.807) is 24.3 Å². The Kier molecular flexibility index (Phi) is 11.3. The Morgan fingerprint density at radius 3 is 1.91 bits per heavy atom. The van der Waals surface area contributed by atoms with Crippen molar-refractivity contribution in [2.24, 2.45) is 5.41 Å². The van der Waals surface area contributed by atoms with E-state index in [0.717, 1.165) is 62.7 Å². The summed E-state index contributed by atoms with van der Waals surface area (Å²) in [6, 6.07) is 20.7. The Bertz CT molecular complexity index is 1440. The Balaban J connectivity index is 1.30. The van der Waals surface area contributed by atoms with Gasteiger partial charge in [0.2, 0.25) is 0 Å². The SMILES string of the molecule is CCC(CC)(c1ccc(CCC(O)C(C)(C)C)c(C)c1)c1ccc(OCCCCCCN2C(=O)c3ccccc3C2=O)c(C)c1. The maximum absolute atomic E-state index is 12.5. The monoisotopic (exact) mass is 611 g/mol. The lowest BCUT2D eigenvalue weighted by Crippen LogP contribution is -2.30. The number of hydrogen-bond donors (Lipinski definition) is 1. The summed E-state index contributed by atoms with van der Waals surface area (Å²) in [6.45, 7) is 16.3. The molecule has 1 unspecified atom stereocenters. The Labute approximate surface area is 271 Å². The molecule has 0 spiro atoms. The van der Waals surface area contributed by atoms with E-state index in [2.05, 4.69) is 84.9 Å². The van der Waals surface area contributed by atoms with Gasteiger partial charge >= 0.3 is 0 Å². The van der Waals surface area contributed by atoms with Crippen molar-refractivity contribution in [1.82, 2.24) is 4.90 Å². The fourth-order valence-electron chi connectivity index (χ4n) is 6.69. The van der Waals surface area contributed by atoms with Gasteiger partial charge in [-0.1, -0.05) is 89.9 Å². The number of aliphatic hydroxyl groups is 1. The van der Waals surface area contributed by atoms with Crippen molar-refractivity contribution in [3.8, 4) is 5.75 Å². The van der Waals surface area contributed by atoms with Crippen molar-refractivity contribution in [2.75, 3.05) is 13.2 Å². The third-order valence-corrected chi connectivity index (χ3v) is 9.93. The van der Waals surface area contributed by atoms with Crippen LogP contribution in [0.2, 0.25) is 0 Å². The molecule has 0 aliphatic carbocycles. The fourth-order valence-corrected chi connectivity index (χ4v) is 6.69. The summed E-state index contributed by atoms with van der Waals surface area (Å²) in [6.07, 6.45) is 7.00. The molecule has 5 nitrogen and oxygen atoms in total. The van der Waals surface area contributed by atoms with E-state index in [1.807, 2.05) is 0 Å². The predicted octanol–water partition coefficient (Wildman–Crippen LogP) is 8.98. The standard InChI is InChI=1S/C40H53NO4/c1-8-40(9-2,31-20-18-30(28(3)26-31)19-23-36(42)39(5,6)7)32-21-22-35(29(4)27-32)45-25-15-11-10-14-24-41-37(43)33-16-12-13-17-34(33)38(41)44/h12-13,16-18,20-22,26-27,36,42H,8-11,14-15,19,23-25H2,1-7H3. The highest BCUT2D eigenvalue weighted by molar-refractivity contribution is 6.21. The van der Waals surface area contributed by atoms with Crippen molar-refractivity contribution in [2.45, 2.75) is 111 Å². The molecule has 0 bridgehead atoms. The number of aliphatic hydroxyl groups excluding tert-OH is 1. The highest BCUT2D eigenvalue weighted by atomic mass is 16.5. The van der Waals surface area contributed by atoms with Gasteiger partial charge in [-0.2, -0.15) is 0 Å². The molecule has 2 amide bonds. The quantitative estimate of drug-likeness (QED) is 0.138. The zero-order valence-corrected chi connectivity index (χ0v) is 28.5. The van der Waals surface area contributed by atoms with Gasteiger partial charge in [0.15, 0.2) is 0 Å². The third kappa shape index (κ3) is 7.69. The van der Waals surface area contributed by atoms with E-state index in [4.69, 9.17) is 4.74 Å². The van der Waals surface area contributed by atoms with Crippen molar-refractivity contribution in [3.05, 3.63) is 99.6 Å². The summed E-state index contributed by atoms with van der Waals surface area (Å²) in [5, 5.41) is 10.5. The van der Waals surface area contributed by atoms with Gasteiger partial charge in [-0.3, -0.25) is 14.5 Å². The molecule has 4 rings (SSSR count). The molecule has 45 heavy (non-hydrogen) atoms. The van der Waals surface area contributed by atoms with Gasteiger partial charge in [-0.25, -0.2) is 0 Å². The highest BCUT2D eigenvalue weighted by Crippen LogP contribution is 2.41. The van der Waals surface area contributed by atoms with Crippen LogP contribution in [-0.2, 0) is 11.8 Å². The molecule has 0 fully saturated rings. The fraction of sp³-hybridized carbons (Fsp3) is 0.500. The zero-order valence-electron chi connectivity index (χ0n) is 28.5. The van der Waals surface area contributed by atoms with Gasteiger partial charge in [-0.05, 0) is 104 Å². The number of hydrogen-bond acceptors (Lipinski definition) is 4. The van der Waals surface area contributed by atoms with Crippen molar-refractivity contribution in [3.63, 3.8) is 0 Å². The molecule has 0 radical (unpaired) electrons. The first-order valence-electron chi connectivity index (χ1n) is 16.9. The van der Waals surface area contributed by atoms with Crippen LogP contribution in [0.3, 0.4) is 0 Å². The Hall–Kier alpha value is -3.44. The first-order valence-corrected chi connectivity index (χ1v) is 16.9. The predicted molar refractivity (Wildman–Crippen MR) is 183 cm³/mol. The number of nitrogens with zero attached hydrogens (tertiary/aromatic N) is 1. The van der Waals surface area contributed by atoms with Crippen LogP contribution in [-0.4, -0.2) is 41.1 Å². The lowest BCUT2D eigenvalue weighted by atomic mass is 9.69. The number of imide groups is 1. The second kappa shape index (κ2) is 14.8. The van der Waals surface area contributed by atoms with Crippen LogP contribution in [0.15, 0.2) is 60.7 Å². The minimum absolute atomic E-state index is 0.0724. The van der Waals surface area contributed by atoms with E-state index >= 15 is 0 Å². The van der Waals surface area contributed by atoms with Gasteiger partial charge in [0, 0.05) is 12.0 Å². The zero-order chi connectivity index (χ0) is 32.8. The number of carbonyl (C=O) groups is 2. The molecule has 1 atom stereocenters. The second-order valence-corrected chi connectivity index (χ2v) is 13.9. The Morgan fingerprint density at radius 2 is 1.36 bits per heavy atom. The highest BCUT2D eigenvalue weighted by Gasteiger charge is 2.34. The van der Waals surface area contributed by atoms with Crippen LogP contribution >= 0.6 is 0 Å². The van der Waals surface area contributed by atoms with E-state index in [-0.39, 0.29) is 28.7 Å². The summed E-state index contributed by atoms with van der Waals surface area (Å²) in [4.78, 5) is 26.5. The molecule has 3 aromatic rings. The minimum atomic E-state index is -0.316. The van der Waals surface area contributed by atoms with Crippen molar-refractivity contribution in [1.29, 1.82) is 0 Å². The van der Waals surface area contributed by atoms with Crippen LogP contribution in [0.25, 0.3) is 0 Å². The average Bonchev–Trinajstić information content (AvgIpc) is 3.26. The molecule has 1 heterocycles. The molecule has 1 N–H and O–H groups in total. The largest absolute Gasteiger partial charge is 0.493 e. The summed E-state index contributed by atoms with van der Waals surface area (Å²) in [7, 11) is 0. The second-order valence-electron chi connectivity index (χ2n) is 13.9. The molecule has 3 aromatic carbocycles. The number of amides is 2. The normalized spacial score (nSPS) is 14.2. The van der Waals surface area contributed by atoms with Crippen LogP contribution < -0.4 is 4.74 Å². The molecule has 5 heteroatoms. The number of benzene rings is 3. The molecule has 0 aromatic heterocycles. The van der Waals surface area contributed by atoms with Gasteiger partial charge in [0.1, 0.15) is 5.75 Å². The van der Waals surface area contributed by atoms with Crippen molar-refractivity contribution < 1.29 is 19.4 Å². The van der Waals surface area contributed by atoms with E-state index in [1.165, 1.54) is 27.2 Å². The average molecular weight is 612 g/mol. The van der Waals surface area contributed by atoms with E-state index in [9.17, 15) is 14.7 Å². The molecule has 0 saturated carbocycles. The topological polar surface area (TPSA) is 66.8 Å². The van der Waals surface area contributed by atoms with Crippen LogP contribution in [0.1, 0.15) is 128 Å². The molecule has 1 aliphatic rings. The summed E-state index contributed by atoms with van der Waals surface area (Å²) >= 11 is 0. The number of unbranched alkanes of at least 4 members (excludes halogenated alkanes) is 3. The lowest BCUT2D eigenvalue weighted by molar-refractivity contribution is 0.0559. The van der Waals surface area contributed by atoms with Crippen LogP contribution in [0.5, 0.6) is 5.75 Å². The molecule has 1 aliphatic heterocycles.